The van der Waals surface area contributed by atoms with Crippen molar-refractivity contribution in [1.82, 2.24) is 0 Å². The van der Waals surface area contributed by atoms with Crippen molar-refractivity contribution in [3.8, 4) is 0 Å². The van der Waals surface area contributed by atoms with Gasteiger partial charge in [-0.2, -0.15) is 0 Å². The summed E-state index contributed by atoms with van der Waals surface area (Å²) in [6.07, 6.45) is 1.16. The molecule has 0 spiro atoms. The molecule has 16 heavy (non-hydrogen) atoms. The molecular weight excluding hydrogens is 222 g/mol. The lowest BCUT2D eigenvalue weighted by Crippen LogP contribution is -2.21. The maximum Gasteiger partial charge on any atom is 0.153 e. The fourth-order valence-corrected chi connectivity index (χ4v) is 2.88. The third-order valence-corrected chi connectivity index (χ3v) is 5.23. The average molecular weight is 241 g/mol. The van der Waals surface area contributed by atoms with Crippen molar-refractivity contribution >= 4 is 15.5 Å². The van der Waals surface area contributed by atoms with E-state index in [1.54, 1.807) is 13.0 Å². The van der Waals surface area contributed by atoms with Gasteiger partial charge in [-0.3, -0.25) is 0 Å². The Kier molecular flexibility index (Phi) is 4.35. The van der Waals surface area contributed by atoms with E-state index in [1.165, 1.54) is 0 Å². The zero-order valence-electron chi connectivity index (χ0n) is 9.81. The van der Waals surface area contributed by atoms with Crippen molar-refractivity contribution in [3.05, 3.63) is 29.8 Å². The van der Waals surface area contributed by atoms with Crippen LogP contribution in [0, 0.1) is 0 Å². The second-order valence-corrected chi connectivity index (χ2v) is 6.57. The summed E-state index contributed by atoms with van der Waals surface area (Å²) in [4.78, 5) is 0. The number of nitrogens with two attached hydrogens (primary N) is 1. The lowest BCUT2D eigenvalue weighted by atomic mass is 10.1. The maximum atomic E-state index is 11.8. The van der Waals surface area contributed by atoms with Gasteiger partial charge in [0.1, 0.15) is 0 Å². The smallest absolute Gasteiger partial charge is 0.153 e. The van der Waals surface area contributed by atoms with Gasteiger partial charge in [0.05, 0.1) is 11.0 Å². The van der Waals surface area contributed by atoms with E-state index >= 15 is 0 Å². The Morgan fingerprint density at radius 2 is 1.94 bits per heavy atom. The molecule has 0 aliphatic rings. The molecule has 0 aromatic heterocycles. The molecule has 3 nitrogen and oxygen atoms in total. The molecule has 1 aromatic carbocycles. The quantitative estimate of drug-likeness (QED) is 0.802. The van der Waals surface area contributed by atoms with E-state index in [9.17, 15) is 8.42 Å². The molecule has 0 aliphatic carbocycles. The van der Waals surface area contributed by atoms with E-state index in [2.05, 4.69) is 0 Å². The first-order valence-electron chi connectivity index (χ1n) is 5.52. The number of nitrogen functional groups attached to an aromatic ring is 1. The molecule has 0 bridgehead atoms. The Bertz CT molecular complexity index is 440. The van der Waals surface area contributed by atoms with Crippen LogP contribution < -0.4 is 5.73 Å². The Morgan fingerprint density at radius 1 is 1.31 bits per heavy atom. The van der Waals surface area contributed by atoms with Crippen LogP contribution >= 0.6 is 0 Å². The molecule has 0 saturated heterocycles. The normalized spacial score (nSPS) is 13.6. The monoisotopic (exact) mass is 241 g/mol. The molecule has 1 rings (SSSR count). The number of aryl methyl sites for hydroxylation is 1. The van der Waals surface area contributed by atoms with E-state index < -0.39 is 9.84 Å². The van der Waals surface area contributed by atoms with Crippen LogP contribution in [-0.4, -0.2) is 19.4 Å². The minimum atomic E-state index is -2.98. The predicted octanol–water partition coefficient (Wildman–Crippen LogP) is 2.02. The third-order valence-electron chi connectivity index (χ3n) is 2.90. The van der Waals surface area contributed by atoms with Crippen LogP contribution in [0.5, 0.6) is 0 Å². The summed E-state index contributed by atoms with van der Waals surface area (Å²) in [5, 5.41) is -0.266. The minimum Gasteiger partial charge on any atom is -0.399 e. The number of sulfone groups is 1. The second kappa shape index (κ2) is 5.34. The van der Waals surface area contributed by atoms with Gasteiger partial charge in [0, 0.05) is 5.69 Å². The van der Waals surface area contributed by atoms with E-state index in [0.29, 0.717) is 18.5 Å². The number of rotatable bonds is 5. The van der Waals surface area contributed by atoms with Gasteiger partial charge in [0.15, 0.2) is 9.84 Å². The van der Waals surface area contributed by atoms with Gasteiger partial charge in [0.25, 0.3) is 0 Å². The summed E-state index contributed by atoms with van der Waals surface area (Å²) >= 11 is 0. The largest absolute Gasteiger partial charge is 0.399 e. The first kappa shape index (κ1) is 13.0. The number of benzene rings is 1. The Hall–Kier alpha value is -1.03. The minimum absolute atomic E-state index is 0.177. The molecule has 0 amide bonds. The molecule has 1 atom stereocenters. The summed E-state index contributed by atoms with van der Waals surface area (Å²) in [5.41, 5.74) is 7.34. The molecule has 0 saturated carbocycles. The molecule has 2 N–H and O–H groups in total. The zero-order valence-corrected chi connectivity index (χ0v) is 10.6. The molecular formula is C12H19NO2S. The molecule has 90 valence electrons. The average Bonchev–Trinajstić information content (AvgIpc) is 2.27. The maximum absolute atomic E-state index is 11.8. The number of hydrogen-bond donors (Lipinski definition) is 1. The van der Waals surface area contributed by atoms with Crippen molar-refractivity contribution < 1.29 is 8.42 Å². The van der Waals surface area contributed by atoms with Crippen LogP contribution in [0.4, 0.5) is 5.69 Å². The molecule has 0 radical (unpaired) electrons. The van der Waals surface area contributed by atoms with E-state index in [0.717, 1.165) is 5.56 Å². The fourth-order valence-electron chi connectivity index (χ4n) is 1.47. The van der Waals surface area contributed by atoms with Gasteiger partial charge in [0.2, 0.25) is 0 Å². The van der Waals surface area contributed by atoms with Crippen LogP contribution in [0.2, 0.25) is 0 Å². The molecule has 1 unspecified atom stereocenters. The SMILES string of the molecule is CCC(C)S(=O)(=O)CCc1ccccc1N. The summed E-state index contributed by atoms with van der Waals surface area (Å²) in [6, 6.07) is 7.40. The molecule has 4 heteroatoms. The molecule has 0 fully saturated rings. The van der Waals surface area contributed by atoms with Crippen molar-refractivity contribution in [2.75, 3.05) is 11.5 Å². The van der Waals surface area contributed by atoms with Crippen LogP contribution in [0.15, 0.2) is 24.3 Å². The summed E-state index contributed by atoms with van der Waals surface area (Å²) in [7, 11) is -2.98. The topological polar surface area (TPSA) is 60.2 Å². The van der Waals surface area contributed by atoms with Gasteiger partial charge in [-0.1, -0.05) is 25.1 Å². The van der Waals surface area contributed by atoms with Gasteiger partial charge >= 0.3 is 0 Å². The Labute approximate surface area is 97.6 Å². The molecule has 1 aromatic rings. The van der Waals surface area contributed by atoms with Crippen molar-refractivity contribution in [2.45, 2.75) is 31.9 Å². The summed E-state index contributed by atoms with van der Waals surface area (Å²) in [5.74, 6) is 0.177. The highest BCUT2D eigenvalue weighted by atomic mass is 32.2. The summed E-state index contributed by atoms with van der Waals surface area (Å²) < 4.78 is 23.6. The molecule has 0 aliphatic heterocycles. The fraction of sp³-hybridized carbons (Fsp3) is 0.500. The van der Waals surface area contributed by atoms with Crippen LogP contribution in [-0.2, 0) is 16.3 Å². The van der Waals surface area contributed by atoms with Crippen molar-refractivity contribution in [3.63, 3.8) is 0 Å². The number of para-hydroxylation sites is 1. The van der Waals surface area contributed by atoms with E-state index in [4.69, 9.17) is 5.73 Å². The second-order valence-electron chi connectivity index (χ2n) is 4.03. The zero-order chi connectivity index (χ0) is 12.2. The number of anilines is 1. The highest BCUT2D eigenvalue weighted by Crippen LogP contribution is 2.14. The predicted molar refractivity (Wildman–Crippen MR) is 68.1 cm³/mol. The van der Waals surface area contributed by atoms with Crippen LogP contribution in [0.1, 0.15) is 25.8 Å². The van der Waals surface area contributed by atoms with E-state index in [-0.39, 0.29) is 11.0 Å². The highest BCUT2D eigenvalue weighted by Gasteiger charge is 2.18. The standard InChI is InChI=1S/C12H19NO2S/c1-3-10(2)16(14,15)9-8-11-6-4-5-7-12(11)13/h4-7,10H,3,8-9,13H2,1-2H3. The van der Waals surface area contributed by atoms with Crippen LogP contribution in [0.25, 0.3) is 0 Å². The van der Waals surface area contributed by atoms with Gasteiger partial charge in [-0.15, -0.1) is 0 Å². The lowest BCUT2D eigenvalue weighted by molar-refractivity contribution is 0.580. The molecule has 0 heterocycles. The van der Waals surface area contributed by atoms with E-state index in [1.807, 2.05) is 25.1 Å². The first-order valence-corrected chi connectivity index (χ1v) is 7.24. The van der Waals surface area contributed by atoms with Gasteiger partial charge < -0.3 is 5.73 Å². The lowest BCUT2D eigenvalue weighted by Gasteiger charge is -2.11. The number of hydrogen-bond acceptors (Lipinski definition) is 3. The Morgan fingerprint density at radius 3 is 2.50 bits per heavy atom. The first-order chi connectivity index (χ1) is 7.47. The third kappa shape index (κ3) is 3.23. The van der Waals surface area contributed by atoms with Gasteiger partial charge in [-0.05, 0) is 31.4 Å². The van der Waals surface area contributed by atoms with Crippen molar-refractivity contribution in [2.24, 2.45) is 0 Å². The summed E-state index contributed by atoms with van der Waals surface area (Å²) in [6.45, 7) is 3.64. The van der Waals surface area contributed by atoms with Gasteiger partial charge in [-0.25, -0.2) is 8.42 Å². The van der Waals surface area contributed by atoms with Crippen molar-refractivity contribution in [1.29, 1.82) is 0 Å². The highest BCUT2D eigenvalue weighted by molar-refractivity contribution is 7.92. The Balaban J connectivity index is 2.69. The van der Waals surface area contributed by atoms with Crippen LogP contribution in [0.3, 0.4) is 0 Å².